The summed E-state index contributed by atoms with van der Waals surface area (Å²) < 4.78 is 10.9. The molecule has 0 saturated carbocycles. The number of piperidine rings is 1. The number of carbonyl (C=O) groups is 1. The first kappa shape index (κ1) is 25.1. The van der Waals surface area contributed by atoms with E-state index in [4.69, 9.17) is 9.47 Å². The molecule has 0 N–H and O–H groups in total. The second-order valence-corrected chi connectivity index (χ2v) is 10.1. The Morgan fingerprint density at radius 3 is 2.14 bits per heavy atom. The molecule has 2 aliphatic rings. The molecule has 5 heteroatoms. The van der Waals surface area contributed by atoms with Crippen molar-refractivity contribution in [2.45, 2.75) is 31.2 Å². The number of rotatable bonds is 7. The van der Waals surface area contributed by atoms with Crippen molar-refractivity contribution in [1.29, 1.82) is 0 Å². The predicted molar refractivity (Wildman–Crippen MR) is 147 cm³/mol. The minimum absolute atomic E-state index is 0.121. The van der Waals surface area contributed by atoms with E-state index in [1.165, 1.54) is 16.7 Å². The number of hydrogen-bond acceptors (Lipinski definition) is 4. The van der Waals surface area contributed by atoms with E-state index in [2.05, 4.69) is 77.7 Å². The summed E-state index contributed by atoms with van der Waals surface area (Å²) in [6.45, 7) is 4.23. The van der Waals surface area contributed by atoms with Gasteiger partial charge in [-0.25, -0.2) is 0 Å². The molecule has 0 aromatic heterocycles. The Morgan fingerprint density at radius 1 is 0.865 bits per heavy atom. The van der Waals surface area contributed by atoms with Crippen LogP contribution >= 0.6 is 0 Å². The van der Waals surface area contributed by atoms with E-state index < -0.39 is 0 Å². The van der Waals surface area contributed by atoms with E-state index in [9.17, 15) is 4.79 Å². The van der Waals surface area contributed by atoms with Crippen LogP contribution in [0.25, 0.3) is 0 Å². The number of nitrogens with zero attached hydrogens (tertiary/aromatic N) is 2. The van der Waals surface area contributed by atoms with Crippen molar-refractivity contribution in [3.05, 3.63) is 107 Å². The van der Waals surface area contributed by atoms with E-state index in [1.807, 2.05) is 17.0 Å². The average Bonchev–Trinajstić information content (AvgIpc) is 2.97. The van der Waals surface area contributed by atoms with Gasteiger partial charge in [0.1, 0.15) is 11.5 Å². The lowest BCUT2D eigenvalue weighted by atomic mass is 9.69. The van der Waals surface area contributed by atoms with Crippen molar-refractivity contribution >= 4 is 5.91 Å². The fourth-order valence-corrected chi connectivity index (χ4v) is 5.81. The van der Waals surface area contributed by atoms with Gasteiger partial charge >= 0.3 is 0 Å². The number of amides is 1. The monoisotopic (exact) mass is 496 g/mol. The van der Waals surface area contributed by atoms with Crippen molar-refractivity contribution < 1.29 is 14.3 Å². The van der Waals surface area contributed by atoms with Crippen LogP contribution in [0, 0.1) is 0 Å². The minimum Gasteiger partial charge on any atom is -0.497 e. The number of hydrogen-bond donors (Lipinski definition) is 0. The molecule has 3 aromatic carbocycles. The molecule has 1 amide bonds. The van der Waals surface area contributed by atoms with Crippen LogP contribution in [0.3, 0.4) is 0 Å². The summed E-state index contributed by atoms with van der Waals surface area (Å²) in [6, 6.07) is 25.3. The third-order valence-corrected chi connectivity index (χ3v) is 7.78. The topological polar surface area (TPSA) is 42.0 Å². The van der Waals surface area contributed by atoms with Crippen LogP contribution in [-0.2, 0) is 12.0 Å². The first-order valence-electron chi connectivity index (χ1n) is 13.2. The Bertz CT molecular complexity index is 1190. The highest BCUT2D eigenvalue weighted by Gasteiger charge is 2.39. The van der Waals surface area contributed by atoms with Gasteiger partial charge in [0.25, 0.3) is 5.91 Å². The van der Waals surface area contributed by atoms with Gasteiger partial charge in [-0.15, -0.1) is 0 Å². The molecule has 37 heavy (non-hydrogen) atoms. The zero-order chi connectivity index (χ0) is 25.7. The molecule has 2 heterocycles. The second kappa shape index (κ2) is 11.2. The van der Waals surface area contributed by atoms with Gasteiger partial charge in [0.15, 0.2) is 0 Å². The van der Waals surface area contributed by atoms with Crippen molar-refractivity contribution in [1.82, 2.24) is 9.80 Å². The summed E-state index contributed by atoms with van der Waals surface area (Å²) in [7, 11) is 3.41. The largest absolute Gasteiger partial charge is 0.497 e. The molecule has 0 atom stereocenters. The highest BCUT2D eigenvalue weighted by molar-refractivity contribution is 5.94. The Labute approximate surface area is 220 Å². The van der Waals surface area contributed by atoms with Crippen molar-refractivity contribution in [2.75, 3.05) is 40.4 Å². The van der Waals surface area contributed by atoms with Crippen molar-refractivity contribution in [3.8, 4) is 11.5 Å². The molecule has 0 radical (unpaired) electrons. The zero-order valence-electron chi connectivity index (χ0n) is 21.9. The lowest BCUT2D eigenvalue weighted by Crippen LogP contribution is -2.46. The van der Waals surface area contributed by atoms with Crippen LogP contribution in [0.4, 0.5) is 0 Å². The smallest absolute Gasteiger partial charge is 0.254 e. The number of ether oxygens (including phenoxy) is 2. The highest BCUT2D eigenvalue weighted by Crippen LogP contribution is 2.42. The van der Waals surface area contributed by atoms with Gasteiger partial charge < -0.3 is 14.4 Å². The summed E-state index contributed by atoms with van der Waals surface area (Å²) in [5, 5.41) is 0. The molecule has 0 bridgehead atoms. The predicted octanol–water partition coefficient (Wildman–Crippen LogP) is 5.69. The van der Waals surface area contributed by atoms with E-state index in [0.29, 0.717) is 6.54 Å². The molecule has 2 aliphatic heterocycles. The number of likely N-dealkylation sites (tertiary alicyclic amines) is 1. The summed E-state index contributed by atoms with van der Waals surface area (Å²) in [6.07, 6.45) is 7.32. The number of methoxy groups -OCH3 is 2. The van der Waals surface area contributed by atoms with Crippen LogP contribution in [0.15, 0.2) is 84.9 Å². The maximum absolute atomic E-state index is 13.1. The molecule has 1 fully saturated rings. The van der Waals surface area contributed by atoms with E-state index in [1.54, 1.807) is 14.2 Å². The third kappa shape index (κ3) is 5.42. The molecule has 3 aromatic rings. The maximum Gasteiger partial charge on any atom is 0.254 e. The van der Waals surface area contributed by atoms with Crippen LogP contribution in [-0.4, -0.2) is 56.1 Å². The second-order valence-electron chi connectivity index (χ2n) is 10.1. The van der Waals surface area contributed by atoms with Crippen LogP contribution < -0.4 is 9.47 Å². The van der Waals surface area contributed by atoms with Gasteiger partial charge in [0.05, 0.1) is 14.2 Å². The van der Waals surface area contributed by atoms with E-state index >= 15 is 0 Å². The molecular formula is C32H36N2O3. The Kier molecular flexibility index (Phi) is 7.61. The molecule has 0 aliphatic carbocycles. The van der Waals surface area contributed by atoms with Gasteiger partial charge in [-0.05, 0) is 78.9 Å². The van der Waals surface area contributed by atoms with Crippen LogP contribution in [0.5, 0.6) is 11.5 Å². The standard InChI is InChI=1S/C32H36N2O3/c1-36-29-14-10-27(11-15-29)32(28-12-16-30(37-2)17-13-28)18-7-19-33(24-32)23-25-8-6-9-26(22-25)31(35)34-20-4-3-5-21-34/h3-4,6,8-17,22H,5,7,18-21,23-24H2,1-2H3. The fourth-order valence-electron chi connectivity index (χ4n) is 5.81. The minimum atomic E-state index is -0.135. The van der Waals surface area contributed by atoms with Gasteiger partial charge in [0, 0.05) is 37.2 Å². The van der Waals surface area contributed by atoms with Crippen LogP contribution in [0.1, 0.15) is 46.3 Å². The zero-order valence-corrected chi connectivity index (χ0v) is 21.9. The highest BCUT2D eigenvalue weighted by atomic mass is 16.5. The van der Waals surface area contributed by atoms with Crippen molar-refractivity contribution in [2.24, 2.45) is 0 Å². The van der Waals surface area contributed by atoms with Gasteiger partial charge in [0.2, 0.25) is 0 Å². The molecule has 0 unspecified atom stereocenters. The first-order chi connectivity index (χ1) is 18.1. The summed E-state index contributed by atoms with van der Waals surface area (Å²) in [5.74, 6) is 1.86. The number of carbonyl (C=O) groups excluding carboxylic acids is 1. The molecule has 192 valence electrons. The fraction of sp³-hybridized carbons (Fsp3) is 0.344. The Balaban J connectivity index is 1.41. The average molecular weight is 497 g/mol. The summed E-state index contributed by atoms with van der Waals surface area (Å²) >= 11 is 0. The Morgan fingerprint density at radius 2 is 1.54 bits per heavy atom. The molecule has 1 saturated heterocycles. The number of benzene rings is 3. The lowest BCUT2D eigenvalue weighted by molar-refractivity contribution is 0.0770. The molecule has 5 rings (SSSR count). The Hall–Kier alpha value is -3.57. The molecule has 0 spiro atoms. The van der Waals surface area contributed by atoms with E-state index in [0.717, 1.165) is 62.5 Å². The molecule has 5 nitrogen and oxygen atoms in total. The van der Waals surface area contributed by atoms with Gasteiger partial charge in [-0.3, -0.25) is 9.69 Å². The third-order valence-electron chi connectivity index (χ3n) is 7.78. The SMILES string of the molecule is COc1ccc(C2(c3ccc(OC)cc3)CCCN(Cc3cccc(C(=O)N4CC=CCC4)c3)C2)cc1. The lowest BCUT2D eigenvalue weighted by Gasteiger charge is -2.44. The van der Waals surface area contributed by atoms with Gasteiger partial charge in [-0.2, -0.15) is 0 Å². The van der Waals surface area contributed by atoms with Crippen LogP contribution in [0.2, 0.25) is 0 Å². The summed E-state index contributed by atoms with van der Waals surface area (Å²) in [5.41, 5.74) is 4.42. The first-order valence-corrected chi connectivity index (χ1v) is 13.2. The molecular weight excluding hydrogens is 460 g/mol. The summed E-state index contributed by atoms with van der Waals surface area (Å²) in [4.78, 5) is 17.5. The maximum atomic E-state index is 13.1. The van der Waals surface area contributed by atoms with E-state index in [-0.39, 0.29) is 11.3 Å². The quantitative estimate of drug-likeness (QED) is 0.394. The normalized spacial score (nSPS) is 17.4. The van der Waals surface area contributed by atoms with Crippen molar-refractivity contribution in [3.63, 3.8) is 0 Å². The van der Waals surface area contributed by atoms with Gasteiger partial charge in [-0.1, -0.05) is 48.6 Å².